The molecule has 0 heterocycles. The molecule has 0 aromatic heterocycles. The summed E-state index contributed by atoms with van der Waals surface area (Å²) in [6.45, 7) is 2.36. The number of nitrogens with zero attached hydrogens (tertiary/aromatic N) is 1. The lowest BCUT2D eigenvalue weighted by atomic mass is 10.1. The summed E-state index contributed by atoms with van der Waals surface area (Å²) in [6, 6.07) is 12.8. The molecule has 0 aliphatic rings. The fourth-order valence-corrected chi connectivity index (χ4v) is 2.28. The zero-order valence-electron chi connectivity index (χ0n) is 11.6. The van der Waals surface area contributed by atoms with Crippen molar-refractivity contribution in [3.8, 4) is 0 Å². The Labute approximate surface area is 124 Å². The third kappa shape index (κ3) is 3.11. The molecule has 1 amide bonds. The zero-order chi connectivity index (χ0) is 14.7. The Balaban J connectivity index is 2.19. The van der Waals surface area contributed by atoms with Crippen molar-refractivity contribution in [2.24, 2.45) is 0 Å². The molecule has 4 heteroatoms. The van der Waals surface area contributed by atoms with Crippen LogP contribution in [0.5, 0.6) is 0 Å². The lowest BCUT2D eigenvalue weighted by Crippen LogP contribution is -2.27. The number of aryl methyl sites for hydroxylation is 1. The van der Waals surface area contributed by atoms with Crippen LogP contribution in [0.1, 0.15) is 21.5 Å². The molecule has 0 atom stereocenters. The molecule has 0 aliphatic carbocycles. The second kappa shape index (κ2) is 5.97. The van der Waals surface area contributed by atoms with Gasteiger partial charge in [-0.15, -0.1) is 0 Å². The number of anilines is 1. The summed E-state index contributed by atoms with van der Waals surface area (Å²) in [7, 11) is 1.77. The van der Waals surface area contributed by atoms with Crippen LogP contribution in [-0.4, -0.2) is 17.9 Å². The highest BCUT2D eigenvalue weighted by atomic mass is 35.5. The van der Waals surface area contributed by atoms with Crippen molar-refractivity contribution < 1.29 is 4.79 Å². The third-order valence-corrected chi connectivity index (χ3v) is 3.56. The van der Waals surface area contributed by atoms with E-state index in [0.717, 1.165) is 11.1 Å². The van der Waals surface area contributed by atoms with Crippen LogP contribution < -0.4 is 5.73 Å². The van der Waals surface area contributed by atoms with E-state index in [4.69, 9.17) is 17.3 Å². The standard InChI is InChI=1S/C16H17ClN2O/c1-11-9-13(18)7-8-14(11)16(20)19(2)10-12-5-3-4-6-15(12)17/h3-9H,10,18H2,1-2H3. The van der Waals surface area contributed by atoms with Gasteiger partial charge in [0.15, 0.2) is 0 Å². The fourth-order valence-electron chi connectivity index (χ4n) is 2.09. The Bertz CT molecular complexity index is 640. The van der Waals surface area contributed by atoms with Crippen LogP contribution in [0.2, 0.25) is 5.02 Å². The number of carbonyl (C=O) groups excluding carboxylic acids is 1. The molecule has 0 aliphatic heterocycles. The minimum atomic E-state index is -0.0394. The van der Waals surface area contributed by atoms with Crippen LogP contribution in [0, 0.1) is 6.92 Å². The normalized spacial score (nSPS) is 10.3. The third-order valence-electron chi connectivity index (χ3n) is 3.19. The van der Waals surface area contributed by atoms with Gasteiger partial charge in [-0.2, -0.15) is 0 Å². The van der Waals surface area contributed by atoms with E-state index < -0.39 is 0 Å². The minimum absolute atomic E-state index is 0.0394. The molecule has 104 valence electrons. The number of rotatable bonds is 3. The van der Waals surface area contributed by atoms with Gasteiger partial charge >= 0.3 is 0 Å². The van der Waals surface area contributed by atoms with Crippen LogP contribution in [-0.2, 0) is 6.54 Å². The average molecular weight is 289 g/mol. The monoisotopic (exact) mass is 288 g/mol. The Morgan fingerprint density at radius 1 is 1.25 bits per heavy atom. The predicted molar refractivity (Wildman–Crippen MR) is 82.8 cm³/mol. The Hall–Kier alpha value is -2.00. The van der Waals surface area contributed by atoms with Gasteiger partial charge in [0.25, 0.3) is 5.91 Å². The highest BCUT2D eigenvalue weighted by Crippen LogP contribution is 2.19. The summed E-state index contributed by atoms with van der Waals surface area (Å²) in [4.78, 5) is 14.1. The largest absolute Gasteiger partial charge is 0.399 e. The molecule has 0 fully saturated rings. The van der Waals surface area contributed by atoms with Gasteiger partial charge in [-0.25, -0.2) is 0 Å². The summed E-state index contributed by atoms with van der Waals surface area (Å²) in [5.74, 6) is -0.0394. The molecule has 2 aromatic carbocycles. The topological polar surface area (TPSA) is 46.3 Å². The summed E-state index contributed by atoms with van der Waals surface area (Å²) in [6.07, 6.45) is 0. The summed E-state index contributed by atoms with van der Waals surface area (Å²) in [5.41, 5.74) is 8.83. The van der Waals surface area contributed by atoms with E-state index in [1.807, 2.05) is 31.2 Å². The Morgan fingerprint density at radius 2 is 1.95 bits per heavy atom. The van der Waals surface area contributed by atoms with Gasteiger partial charge in [-0.3, -0.25) is 4.79 Å². The maximum atomic E-state index is 12.4. The van der Waals surface area contributed by atoms with Crippen molar-refractivity contribution in [1.82, 2.24) is 4.90 Å². The van der Waals surface area contributed by atoms with Crippen molar-refractivity contribution >= 4 is 23.2 Å². The number of nitrogens with two attached hydrogens (primary N) is 1. The molecular formula is C16H17ClN2O. The van der Waals surface area contributed by atoms with Gasteiger partial charge in [0.1, 0.15) is 0 Å². The first-order valence-corrected chi connectivity index (χ1v) is 6.72. The van der Waals surface area contributed by atoms with Crippen molar-refractivity contribution in [3.05, 3.63) is 64.2 Å². The second-order valence-electron chi connectivity index (χ2n) is 4.83. The number of carbonyl (C=O) groups is 1. The second-order valence-corrected chi connectivity index (χ2v) is 5.23. The van der Waals surface area contributed by atoms with Crippen molar-refractivity contribution in [3.63, 3.8) is 0 Å². The molecule has 3 nitrogen and oxygen atoms in total. The van der Waals surface area contributed by atoms with Crippen LogP contribution in [0.4, 0.5) is 5.69 Å². The van der Waals surface area contributed by atoms with Gasteiger partial charge < -0.3 is 10.6 Å². The van der Waals surface area contributed by atoms with E-state index in [1.165, 1.54) is 0 Å². The average Bonchev–Trinajstić information content (AvgIpc) is 2.40. The molecule has 0 unspecified atom stereocenters. The van der Waals surface area contributed by atoms with Gasteiger partial charge in [-0.05, 0) is 42.3 Å². The van der Waals surface area contributed by atoms with Crippen LogP contribution in [0.3, 0.4) is 0 Å². The SMILES string of the molecule is Cc1cc(N)ccc1C(=O)N(C)Cc1ccccc1Cl. The first-order valence-electron chi connectivity index (χ1n) is 6.34. The van der Waals surface area contributed by atoms with E-state index >= 15 is 0 Å². The molecule has 2 rings (SSSR count). The van der Waals surface area contributed by atoms with E-state index in [0.29, 0.717) is 22.8 Å². The molecule has 0 spiro atoms. The minimum Gasteiger partial charge on any atom is -0.399 e. The maximum Gasteiger partial charge on any atom is 0.254 e. The van der Waals surface area contributed by atoms with Gasteiger partial charge in [0.05, 0.1) is 0 Å². The van der Waals surface area contributed by atoms with Crippen molar-refractivity contribution in [2.75, 3.05) is 12.8 Å². The first-order chi connectivity index (χ1) is 9.49. The molecule has 2 N–H and O–H groups in total. The molecule has 20 heavy (non-hydrogen) atoms. The highest BCUT2D eigenvalue weighted by molar-refractivity contribution is 6.31. The summed E-state index contributed by atoms with van der Waals surface area (Å²) >= 11 is 6.12. The molecule has 0 saturated carbocycles. The number of hydrogen-bond acceptors (Lipinski definition) is 2. The van der Waals surface area contributed by atoms with Gasteiger partial charge in [0.2, 0.25) is 0 Å². The van der Waals surface area contributed by atoms with Crippen molar-refractivity contribution in [2.45, 2.75) is 13.5 Å². The van der Waals surface area contributed by atoms with Crippen molar-refractivity contribution in [1.29, 1.82) is 0 Å². The molecule has 0 radical (unpaired) electrons. The molecule has 2 aromatic rings. The molecule has 0 saturated heterocycles. The lowest BCUT2D eigenvalue weighted by Gasteiger charge is -2.19. The van der Waals surface area contributed by atoms with Crippen LogP contribution in [0.15, 0.2) is 42.5 Å². The van der Waals surface area contributed by atoms with Crippen LogP contribution in [0.25, 0.3) is 0 Å². The quantitative estimate of drug-likeness (QED) is 0.879. The zero-order valence-corrected chi connectivity index (χ0v) is 12.3. The number of benzene rings is 2. The number of hydrogen-bond donors (Lipinski definition) is 1. The Morgan fingerprint density at radius 3 is 2.60 bits per heavy atom. The van der Waals surface area contributed by atoms with E-state index in [-0.39, 0.29) is 5.91 Å². The lowest BCUT2D eigenvalue weighted by molar-refractivity contribution is 0.0784. The fraction of sp³-hybridized carbons (Fsp3) is 0.188. The van der Waals surface area contributed by atoms with Gasteiger partial charge in [0, 0.05) is 29.9 Å². The molecular weight excluding hydrogens is 272 g/mol. The summed E-state index contributed by atoms with van der Waals surface area (Å²) < 4.78 is 0. The maximum absolute atomic E-state index is 12.4. The van der Waals surface area contributed by atoms with E-state index in [1.54, 1.807) is 30.1 Å². The first kappa shape index (κ1) is 14.4. The molecule has 0 bridgehead atoms. The number of amides is 1. The van der Waals surface area contributed by atoms with E-state index in [2.05, 4.69) is 0 Å². The highest BCUT2D eigenvalue weighted by Gasteiger charge is 2.15. The van der Waals surface area contributed by atoms with Crippen LogP contribution >= 0.6 is 11.6 Å². The Kier molecular flexibility index (Phi) is 4.30. The summed E-state index contributed by atoms with van der Waals surface area (Å²) in [5, 5.41) is 0.668. The number of nitrogen functional groups attached to an aromatic ring is 1. The number of halogens is 1. The van der Waals surface area contributed by atoms with E-state index in [9.17, 15) is 4.79 Å². The smallest absolute Gasteiger partial charge is 0.254 e. The van der Waals surface area contributed by atoms with Gasteiger partial charge in [-0.1, -0.05) is 29.8 Å². The predicted octanol–water partition coefficient (Wildman–Crippen LogP) is 3.50.